The zero-order valence-electron chi connectivity index (χ0n) is 12.1. The molecule has 0 heterocycles. The van der Waals surface area contributed by atoms with Gasteiger partial charge in [0.15, 0.2) is 0 Å². The van der Waals surface area contributed by atoms with Crippen molar-refractivity contribution in [2.24, 2.45) is 5.41 Å². The lowest BCUT2D eigenvalue weighted by Crippen LogP contribution is -2.54. The van der Waals surface area contributed by atoms with Crippen molar-refractivity contribution < 1.29 is 0 Å². The Kier molecular flexibility index (Phi) is 4.14. The van der Waals surface area contributed by atoms with Crippen LogP contribution in [0.5, 0.6) is 0 Å². The number of likely N-dealkylation sites (N-methyl/N-ethyl adjacent to an activating group) is 1. The summed E-state index contributed by atoms with van der Waals surface area (Å²) in [4.78, 5) is 2.69. The van der Waals surface area contributed by atoms with Crippen molar-refractivity contribution in [1.82, 2.24) is 10.2 Å². The SMILES string of the molecule is CCCNC1C(N(C)C2CCC2)CCC1(C)C. The Morgan fingerprint density at radius 2 is 1.94 bits per heavy atom. The number of nitrogens with zero attached hydrogens (tertiary/aromatic N) is 1. The van der Waals surface area contributed by atoms with Gasteiger partial charge in [0.05, 0.1) is 0 Å². The van der Waals surface area contributed by atoms with Crippen molar-refractivity contribution in [3.8, 4) is 0 Å². The van der Waals surface area contributed by atoms with Crippen molar-refractivity contribution in [3.05, 3.63) is 0 Å². The highest BCUT2D eigenvalue weighted by molar-refractivity contribution is 5.02. The van der Waals surface area contributed by atoms with Crippen LogP contribution in [0.25, 0.3) is 0 Å². The average molecular weight is 238 g/mol. The molecule has 0 spiro atoms. The fourth-order valence-electron chi connectivity index (χ4n) is 3.58. The van der Waals surface area contributed by atoms with Crippen LogP contribution in [0.3, 0.4) is 0 Å². The van der Waals surface area contributed by atoms with Gasteiger partial charge in [-0.3, -0.25) is 4.90 Å². The molecule has 1 N–H and O–H groups in total. The Hall–Kier alpha value is -0.0800. The third-order valence-corrected chi connectivity index (χ3v) is 5.10. The van der Waals surface area contributed by atoms with Crippen LogP contribution in [-0.4, -0.2) is 36.6 Å². The summed E-state index contributed by atoms with van der Waals surface area (Å²) < 4.78 is 0. The normalized spacial score (nSPS) is 33.0. The Morgan fingerprint density at radius 3 is 2.47 bits per heavy atom. The van der Waals surface area contributed by atoms with E-state index in [1.807, 2.05) is 0 Å². The van der Waals surface area contributed by atoms with Gasteiger partial charge in [-0.15, -0.1) is 0 Å². The summed E-state index contributed by atoms with van der Waals surface area (Å²) in [6.07, 6.45) is 8.28. The van der Waals surface area contributed by atoms with Crippen LogP contribution in [-0.2, 0) is 0 Å². The summed E-state index contributed by atoms with van der Waals surface area (Å²) in [6, 6.07) is 2.33. The van der Waals surface area contributed by atoms with Crippen molar-refractivity contribution in [2.45, 2.75) is 77.4 Å². The Bertz CT molecular complexity index is 245. The second-order valence-electron chi connectivity index (χ2n) is 6.78. The van der Waals surface area contributed by atoms with Crippen LogP contribution in [0.15, 0.2) is 0 Å². The van der Waals surface area contributed by atoms with Crippen LogP contribution < -0.4 is 5.32 Å². The second-order valence-corrected chi connectivity index (χ2v) is 6.78. The molecule has 0 aliphatic heterocycles. The molecule has 2 nitrogen and oxygen atoms in total. The fraction of sp³-hybridized carbons (Fsp3) is 1.00. The van der Waals surface area contributed by atoms with Crippen LogP contribution in [0.4, 0.5) is 0 Å². The molecule has 100 valence electrons. The molecule has 0 bridgehead atoms. The molecule has 2 rings (SSSR count). The molecular formula is C15H30N2. The third kappa shape index (κ3) is 2.68. The van der Waals surface area contributed by atoms with Crippen molar-refractivity contribution >= 4 is 0 Å². The number of nitrogens with one attached hydrogen (secondary N) is 1. The van der Waals surface area contributed by atoms with E-state index in [0.717, 1.165) is 12.1 Å². The van der Waals surface area contributed by atoms with E-state index in [-0.39, 0.29) is 0 Å². The van der Waals surface area contributed by atoms with Gasteiger partial charge in [0.1, 0.15) is 0 Å². The lowest BCUT2D eigenvalue weighted by atomic mass is 9.84. The monoisotopic (exact) mass is 238 g/mol. The molecule has 0 saturated heterocycles. The molecule has 0 aromatic rings. The first-order valence-electron chi connectivity index (χ1n) is 7.51. The quantitative estimate of drug-likeness (QED) is 0.792. The number of rotatable bonds is 5. The minimum absolute atomic E-state index is 0.470. The van der Waals surface area contributed by atoms with Crippen molar-refractivity contribution in [1.29, 1.82) is 0 Å². The van der Waals surface area contributed by atoms with Gasteiger partial charge in [0, 0.05) is 18.1 Å². The molecule has 0 radical (unpaired) electrons. The van der Waals surface area contributed by atoms with E-state index in [0.29, 0.717) is 11.5 Å². The summed E-state index contributed by atoms with van der Waals surface area (Å²) >= 11 is 0. The molecule has 2 aliphatic carbocycles. The lowest BCUT2D eigenvalue weighted by Gasteiger charge is -2.43. The second kappa shape index (κ2) is 5.27. The Balaban J connectivity index is 1.99. The number of hydrogen-bond acceptors (Lipinski definition) is 2. The van der Waals surface area contributed by atoms with Gasteiger partial charge in [-0.05, 0) is 51.1 Å². The highest BCUT2D eigenvalue weighted by atomic mass is 15.2. The lowest BCUT2D eigenvalue weighted by molar-refractivity contribution is 0.0841. The minimum atomic E-state index is 0.470. The van der Waals surface area contributed by atoms with Gasteiger partial charge >= 0.3 is 0 Å². The molecule has 0 aromatic carbocycles. The zero-order valence-corrected chi connectivity index (χ0v) is 12.1. The van der Waals surface area contributed by atoms with Gasteiger partial charge in [0.2, 0.25) is 0 Å². The Morgan fingerprint density at radius 1 is 1.24 bits per heavy atom. The molecule has 2 saturated carbocycles. The molecular weight excluding hydrogens is 208 g/mol. The van der Waals surface area contributed by atoms with Crippen LogP contribution in [0.1, 0.15) is 59.3 Å². The minimum Gasteiger partial charge on any atom is -0.312 e. The van der Waals surface area contributed by atoms with Crippen molar-refractivity contribution in [2.75, 3.05) is 13.6 Å². The maximum Gasteiger partial charge on any atom is 0.0274 e. The zero-order chi connectivity index (χ0) is 12.5. The smallest absolute Gasteiger partial charge is 0.0274 e. The van der Waals surface area contributed by atoms with Gasteiger partial charge in [0.25, 0.3) is 0 Å². The van der Waals surface area contributed by atoms with Crippen molar-refractivity contribution in [3.63, 3.8) is 0 Å². The summed E-state index contributed by atoms with van der Waals surface area (Å²) in [5, 5.41) is 3.81. The van der Waals surface area contributed by atoms with E-state index in [2.05, 4.69) is 38.0 Å². The van der Waals surface area contributed by atoms with Gasteiger partial charge < -0.3 is 5.32 Å². The summed E-state index contributed by atoms with van der Waals surface area (Å²) in [5.74, 6) is 0. The Labute approximate surface area is 107 Å². The van der Waals surface area contributed by atoms with Crippen LogP contribution in [0, 0.1) is 5.41 Å². The van der Waals surface area contributed by atoms with Gasteiger partial charge in [-0.1, -0.05) is 27.2 Å². The highest BCUT2D eigenvalue weighted by Crippen LogP contribution is 2.41. The van der Waals surface area contributed by atoms with E-state index in [9.17, 15) is 0 Å². The summed E-state index contributed by atoms with van der Waals surface area (Å²) in [5.41, 5.74) is 0.470. The van der Waals surface area contributed by atoms with E-state index < -0.39 is 0 Å². The molecule has 2 unspecified atom stereocenters. The predicted molar refractivity (Wildman–Crippen MR) is 74.3 cm³/mol. The topological polar surface area (TPSA) is 15.3 Å². The molecule has 2 heteroatoms. The van der Waals surface area contributed by atoms with E-state index in [4.69, 9.17) is 0 Å². The van der Waals surface area contributed by atoms with Crippen LogP contribution in [0.2, 0.25) is 0 Å². The first-order chi connectivity index (χ1) is 8.06. The fourth-order valence-corrected chi connectivity index (χ4v) is 3.58. The predicted octanol–water partition coefficient (Wildman–Crippen LogP) is 3.03. The largest absolute Gasteiger partial charge is 0.312 e. The molecule has 17 heavy (non-hydrogen) atoms. The summed E-state index contributed by atoms with van der Waals surface area (Å²) in [6.45, 7) is 8.31. The molecule has 2 atom stereocenters. The first-order valence-corrected chi connectivity index (χ1v) is 7.51. The van der Waals surface area contributed by atoms with E-state index in [1.165, 1.54) is 45.1 Å². The maximum atomic E-state index is 3.81. The first kappa shape index (κ1) is 13.4. The van der Waals surface area contributed by atoms with E-state index in [1.54, 1.807) is 0 Å². The molecule has 0 aromatic heterocycles. The van der Waals surface area contributed by atoms with Crippen LogP contribution >= 0.6 is 0 Å². The number of hydrogen-bond donors (Lipinski definition) is 1. The third-order valence-electron chi connectivity index (χ3n) is 5.10. The van der Waals surface area contributed by atoms with Gasteiger partial charge in [-0.25, -0.2) is 0 Å². The summed E-state index contributed by atoms with van der Waals surface area (Å²) in [7, 11) is 2.36. The average Bonchev–Trinajstić information content (AvgIpc) is 2.48. The highest BCUT2D eigenvalue weighted by Gasteiger charge is 2.44. The molecule has 0 amide bonds. The van der Waals surface area contributed by atoms with Gasteiger partial charge in [-0.2, -0.15) is 0 Å². The molecule has 2 aliphatic rings. The standard InChI is InChI=1S/C15H30N2/c1-5-11-16-14-13(9-10-15(14,2)3)17(4)12-7-6-8-12/h12-14,16H,5-11H2,1-4H3. The molecule has 2 fully saturated rings. The maximum absolute atomic E-state index is 3.81. The van der Waals surface area contributed by atoms with E-state index >= 15 is 0 Å².